The number of amides is 2. The van der Waals surface area contributed by atoms with E-state index >= 15 is 0 Å². The van der Waals surface area contributed by atoms with Crippen molar-refractivity contribution in [2.24, 2.45) is 5.92 Å². The molecule has 0 radical (unpaired) electrons. The van der Waals surface area contributed by atoms with E-state index in [1.165, 1.54) is 10.1 Å². The van der Waals surface area contributed by atoms with Gasteiger partial charge in [-0.05, 0) is 54.1 Å². The maximum atomic E-state index is 13.1. The minimum absolute atomic E-state index is 0.0285. The number of carbonyl (C=O) groups is 1. The summed E-state index contributed by atoms with van der Waals surface area (Å²) in [5.41, 5.74) is 3.28. The van der Waals surface area contributed by atoms with Gasteiger partial charge in [0.1, 0.15) is 0 Å². The van der Waals surface area contributed by atoms with Crippen LogP contribution in [-0.4, -0.2) is 28.6 Å². The van der Waals surface area contributed by atoms with E-state index in [1.807, 2.05) is 27.7 Å². The number of hydrogen-bond acceptors (Lipinski definition) is 4. The minimum Gasteiger partial charge on any atom is -0.324 e. The number of aromatic nitrogens is 1. The Labute approximate surface area is 200 Å². The molecule has 2 aromatic heterocycles. The van der Waals surface area contributed by atoms with E-state index in [2.05, 4.69) is 29.6 Å². The number of nitrogens with one attached hydrogen (secondary N) is 1. The number of likely N-dealkylation sites (tertiary alicyclic amines) is 1. The van der Waals surface area contributed by atoms with Crippen molar-refractivity contribution in [3.05, 3.63) is 88.3 Å². The molecule has 2 bridgehead atoms. The topological polar surface area (TPSA) is 78.1 Å². The minimum atomic E-state index is -0.167. The lowest BCUT2D eigenvalue weighted by Crippen LogP contribution is -2.50. The standard InChI is InChI=1S/C27H22N4O2S/c28-13-17-4-3-6-21(11-17)29-27(33)30-14-18-10-20(16-30)26-22(8-9-25(32)31(26)15-18)24-12-19-5-1-2-7-23(19)34-24/h1-9,11-12,18,20H,10,14-16H2,(H,29,33)/t18-,20+/m0/s1. The Hall–Kier alpha value is -3.89. The highest BCUT2D eigenvalue weighted by molar-refractivity contribution is 7.22. The number of benzene rings is 2. The summed E-state index contributed by atoms with van der Waals surface area (Å²) >= 11 is 1.74. The number of thiophene rings is 1. The SMILES string of the molecule is N#Cc1cccc(NC(=O)N2C[C@@H]3C[C@H](C2)c2c(-c4cc5ccccc5s4)ccc(=O)n2C3)c1. The van der Waals surface area contributed by atoms with Crippen molar-refractivity contribution < 1.29 is 4.79 Å². The highest BCUT2D eigenvalue weighted by atomic mass is 32.1. The smallest absolute Gasteiger partial charge is 0.321 e. The molecule has 2 aliphatic heterocycles. The third-order valence-corrected chi connectivity index (χ3v) is 7.96. The van der Waals surface area contributed by atoms with Gasteiger partial charge in [-0.3, -0.25) is 4.79 Å². The summed E-state index contributed by atoms with van der Waals surface area (Å²) in [4.78, 5) is 28.9. The third-order valence-electron chi connectivity index (χ3n) is 6.81. The number of piperidine rings is 1. The molecule has 0 unspecified atom stereocenters. The van der Waals surface area contributed by atoms with Crippen LogP contribution >= 0.6 is 11.3 Å². The molecule has 1 N–H and O–H groups in total. The Morgan fingerprint density at radius 2 is 1.91 bits per heavy atom. The van der Waals surface area contributed by atoms with Crippen LogP contribution in [0.3, 0.4) is 0 Å². The summed E-state index contributed by atoms with van der Waals surface area (Å²) in [7, 11) is 0. The van der Waals surface area contributed by atoms with Crippen molar-refractivity contribution in [1.29, 1.82) is 5.26 Å². The van der Waals surface area contributed by atoms with Gasteiger partial charge in [0.15, 0.2) is 0 Å². The van der Waals surface area contributed by atoms with Crippen LogP contribution in [0.4, 0.5) is 10.5 Å². The number of fused-ring (bicyclic) bond motifs is 5. The Bertz CT molecular complexity index is 1500. The van der Waals surface area contributed by atoms with Gasteiger partial charge in [-0.15, -0.1) is 11.3 Å². The first-order valence-corrected chi connectivity index (χ1v) is 12.2. The van der Waals surface area contributed by atoms with Crippen LogP contribution < -0.4 is 10.9 Å². The van der Waals surface area contributed by atoms with E-state index in [0.717, 1.165) is 22.6 Å². The van der Waals surface area contributed by atoms with Gasteiger partial charge < -0.3 is 14.8 Å². The van der Waals surface area contributed by atoms with E-state index in [1.54, 1.807) is 41.7 Å². The molecule has 2 aromatic carbocycles. The Morgan fingerprint density at radius 1 is 1.03 bits per heavy atom. The lowest BCUT2D eigenvalue weighted by Gasteiger charge is -2.43. The molecule has 1 saturated heterocycles. The van der Waals surface area contributed by atoms with Crippen molar-refractivity contribution >= 4 is 33.1 Å². The van der Waals surface area contributed by atoms with Gasteiger partial charge in [0.2, 0.25) is 0 Å². The number of urea groups is 1. The molecular formula is C27H22N4O2S. The lowest BCUT2D eigenvalue weighted by atomic mass is 9.81. The van der Waals surface area contributed by atoms with Crippen LogP contribution in [0, 0.1) is 17.2 Å². The molecule has 34 heavy (non-hydrogen) atoms. The molecule has 0 saturated carbocycles. The summed E-state index contributed by atoms with van der Waals surface area (Å²) in [6.45, 7) is 1.79. The van der Waals surface area contributed by atoms with Crippen LogP contribution in [0.15, 0.2) is 71.5 Å². The van der Waals surface area contributed by atoms with E-state index in [0.29, 0.717) is 30.9 Å². The Morgan fingerprint density at radius 3 is 2.76 bits per heavy atom. The second-order valence-corrected chi connectivity index (χ2v) is 10.1. The predicted molar refractivity (Wildman–Crippen MR) is 134 cm³/mol. The normalized spacial score (nSPS) is 18.9. The van der Waals surface area contributed by atoms with Crippen molar-refractivity contribution in [1.82, 2.24) is 9.47 Å². The Kier molecular flexibility index (Phi) is 4.96. The number of carbonyl (C=O) groups excluding carboxylic acids is 1. The first-order valence-electron chi connectivity index (χ1n) is 11.4. The van der Waals surface area contributed by atoms with E-state index in [4.69, 9.17) is 5.26 Å². The summed E-state index contributed by atoms with van der Waals surface area (Å²) in [5.74, 6) is 0.329. The number of rotatable bonds is 2. The summed E-state index contributed by atoms with van der Waals surface area (Å²) in [6, 6.07) is 23.0. The molecule has 2 atom stereocenters. The monoisotopic (exact) mass is 466 g/mol. The van der Waals surface area contributed by atoms with Gasteiger partial charge in [0.25, 0.3) is 5.56 Å². The zero-order valence-electron chi connectivity index (χ0n) is 18.4. The van der Waals surface area contributed by atoms with E-state index in [9.17, 15) is 9.59 Å². The van der Waals surface area contributed by atoms with Gasteiger partial charge in [-0.2, -0.15) is 5.26 Å². The predicted octanol–water partition coefficient (Wildman–Crippen LogP) is 5.25. The number of anilines is 1. The fraction of sp³-hybridized carbons (Fsp3) is 0.222. The van der Waals surface area contributed by atoms with Crippen LogP contribution in [0.1, 0.15) is 23.6 Å². The molecule has 6 nitrogen and oxygen atoms in total. The van der Waals surface area contributed by atoms with E-state index < -0.39 is 0 Å². The molecular weight excluding hydrogens is 444 g/mol. The van der Waals surface area contributed by atoms with Crippen LogP contribution in [0.2, 0.25) is 0 Å². The van der Waals surface area contributed by atoms with Crippen molar-refractivity contribution in [2.45, 2.75) is 18.9 Å². The highest BCUT2D eigenvalue weighted by Crippen LogP contribution is 2.42. The molecule has 2 amide bonds. The molecule has 4 aromatic rings. The van der Waals surface area contributed by atoms with Crippen molar-refractivity contribution in [3.63, 3.8) is 0 Å². The second kappa shape index (κ2) is 8.15. The molecule has 6 rings (SSSR count). The molecule has 4 heterocycles. The van der Waals surface area contributed by atoms with Crippen molar-refractivity contribution in [2.75, 3.05) is 18.4 Å². The van der Waals surface area contributed by atoms with Gasteiger partial charge >= 0.3 is 6.03 Å². The van der Waals surface area contributed by atoms with Gasteiger partial charge in [-0.1, -0.05) is 24.3 Å². The zero-order valence-corrected chi connectivity index (χ0v) is 19.2. The molecule has 1 fully saturated rings. The molecule has 168 valence electrons. The maximum absolute atomic E-state index is 13.1. The first-order chi connectivity index (χ1) is 16.6. The van der Waals surface area contributed by atoms with E-state index in [-0.39, 0.29) is 23.4 Å². The van der Waals surface area contributed by atoms with Crippen LogP contribution in [0.25, 0.3) is 20.5 Å². The molecule has 7 heteroatoms. The number of nitrogens with zero attached hydrogens (tertiary/aromatic N) is 3. The van der Waals surface area contributed by atoms with Crippen LogP contribution in [0.5, 0.6) is 0 Å². The maximum Gasteiger partial charge on any atom is 0.321 e. The average molecular weight is 467 g/mol. The largest absolute Gasteiger partial charge is 0.324 e. The molecule has 2 aliphatic rings. The highest BCUT2D eigenvalue weighted by Gasteiger charge is 2.38. The van der Waals surface area contributed by atoms with Crippen molar-refractivity contribution in [3.8, 4) is 16.5 Å². The average Bonchev–Trinajstić information content (AvgIpc) is 3.29. The first kappa shape index (κ1) is 20.7. The summed E-state index contributed by atoms with van der Waals surface area (Å²) < 4.78 is 3.16. The third kappa shape index (κ3) is 3.57. The summed E-state index contributed by atoms with van der Waals surface area (Å²) in [5, 5.41) is 13.3. The fourth-order valence-electron chi connectivity index (χ4n) is 5.37. The number of hydrogen-bond donors (Lipinski definition) is 1. The summed E-state index contributed by atoms with van der Waals surface area (Å²) in [6.07, 6.45) is 0.967. The van der Waals surface area contributed by atoms with Crippen LogP contribution in [-0.2, 0) is 6.54 Å². The quantitative estimate of drug-likeness (QED) is 0.438. The Balaban J connectivity index is 1.33. The lowest BCUT2D eigenvalue weighted by molar-refractivity contribution is 0.140. The number of pyridine rings is 1. The second-order valence-electron chi connectivity index (χ2n) is 9.06. The van der Waals surface area contributed by atoms with Gasteiger partial charge in [-0.25, -0.2) is 4.79 Å². The van der Waals surface area contributed by atoms with Gasteiger partial charge in [0, 0.05) is 58.1 Å². The number of nitriles is 1. The van der Waals surface area contributed by atoms with Gasteiger partial charge in [0.05, 0.1) is 11.6 Å². The zero-order chi connectivity index (χ0) is 23.2. The fourth-order valence-corrected chi connectivity index (χ4v) is 6.47. The molecule has 0 aliphatic carbocycles. The molecule has 0 spiro atoms.